The summed E-state index contributed by atoms with van der Waals surface area (Å²) in [7, 11) is 0. The maximum Gasteiger partial charge on any atom is 0.309 e. The Kier molecular flexibility index (Phi) is 5.99. The van der Waals surface area contributed by atoms with Crippen LogP contribution in [-0.4, -0.2) is 35.6 Å². The first-order chi connectivity index (χ1) is 9.20. The molecule has 5 nitrogen and oxygen atoms in total. The van der Waals surface area contributed by atoms with Gasteiger partial charge >= 0.3 is 11.8 Å². The molecular weight excluding hydrogens is 256 g/mol. The Balaban J connectivity index is 2.33. The third-order valence-corrected chi connectivity index (χ3v) is 4.05. The van der Waals surface area contributed by atoms with E-state index in [4.69, 9.17) is 5.11 Å². The van der Waals surface area contributed by atoms with Crippen molar-refractivity contribution in [3.8, 4) is 0 Å². The van der Waals surface area contributed by atoms with Gasteiger partial charge in [0.2, 0.25) is 0 Å². The van der Waals surface area contributed by atoms with Crippen LogP contribution in [0.25, 0.3) is 0 Å². The highest BCUT2D eigenvalue weighted by atomic mass is 16.3. The van der Waals surface area contributed by atoms with Crippen LogP contribution >= 0.6 is 0 Å². The van der Waals surface area contributed by atoms with Gasteiger partial charge in [-0.2, -0.15) is 0 Å². The van der Waals surface area contributed by atoms with Crippen LogP contribution in [0.3, 0.4) is 0 Å². The van der Waals surface area contributed by atoms with Gasteiger partial charge in [0.1, 0.15) is 0 Å². The zero-order chi connectivity index (χ0) is 15.3. The van der Waals surface area contributed by atoms with E-state index in [0.717, 1.165) is 25.7 Å². The lowest BCUT2D eigenvalue weighted by molar-refractivity contribution is -0.140. The second-order valence-corrected chi connectivity index (χ2v) is 6.95. The van der Waals surface area contributed by atoms with E-state index in [1.54, 1.807) is 6.92 Å². The molecule has 0 aliphatic heterocycles. The molecule has 1 fully saturated rings. The minimum Gasteiger partial charge on any atom is -0.392 e. The lowest BCUT2D eigenvalue weighted by atomic mass is 9.71. The van der Waals surface area contributed by atoms with Crippen molar-refractivity contribution in [3.05, 3.63) is 0 Å². The molecule has 1 rings (SSSR count). The second-order valence-electron chi connectivity index (χ2n) is 6.95. The van der Waals surface area contributed by atoms with Gasteiger partial charge in [-0.05, 0) is 43.9 Å². The molecule has 116 valence electrons. The van der Waals surface area contributed by atoms with Crippen molar-refractivity contribution in [2.75, 3.05) is 6.54 Å². The summed E-state index contributed by atoms with van der Waals surface area (Å²) in [6.45, 7) is 8.41. The average Bonchev–Trinajstić information content (AvgIpc) is 2.35. The highest BCUT2D eigenvalue weighted by Gasteiger charge is 2.30. The SMILES string of the molecule is C[C@H](O)CNC(=O)C(=O)NC1CCC(C(C)(C)C)CC1. The minimum atomic E-state index is -0.663. The van der Waals surface area contributed by atoms with Crippen molar-refractivity contribution in [3.63, 3.8) is 0 Å². The van der Waals surface area contributed by atoms with Crippen LogP contribution in [0.4, 0.5) is 0 Å². The molecule has 1 saturated carbocycles. The molecule has 0 aromatic rings. The summed E-state index contributed by atoms with van der Waals surface area (Å²) in [5.41, 5.74) is 0.309. The predicted molar refractivity (Wildman–Crippen MR) is 78.0 cm³/mol. The smallest absolute Gasteiger partial charge is 0.309 e. The molecule has 0 saturated heterocycles. The molecule has 5 heteroatoms. The molecule has 0 aromatic carbocycles. The molecule has 20 heavy (non-hydrogen) atoms. The van der Waals surface area contributed by atoms with E-state index in [9.17, 15) is 9.59 Å². The van der Waals surface area contributed by atoms with Gasteiger partial charge in [-0.3, -0.25) is 9.59 Å². The molecule has 1 aliphatic carbocycles. The Bertz CT molecular complexity index is 340. The monoisotopic (exact) mass is 284 g/mol. The molecule has 0 heterocycles. The summed E-state index contributed by atoms with van der Waals surface area (Å²) in [6, 6.07) is 0.0957. The molecule has 2 amide bonds. The highest BCUT2D eigenvalue weighted by Crippen LogP contribution is 2.37. The second kappa shape index (κ2) is 7.07. The third kappa shape index (κ3) is 5.49. The van der Waals surface area contributed by atoms with E-state index in [0.29, 0.717) is 11.3 Å². The fourth-order valence-electron chi connectivity index (χ4n) is 2.68. The van der Waals surface area contributed by atoms with E-state index in [1.165, 1.54) is 0 Å². The minimum absolute atomic E-state index is 0.0957. The van der Waals surface area contributed by atoms with Gasteiger partial charge in [0, 0.05) is 12.6 Å². The molecule has 3 N–H and O–H groups in total. The maximum atomic E-state index is 11.7. The fraction of sp³-hybridized carbons (Fsp3) is 0.867. The Morgan fingerprint density at radius 3 is 2.15 bits per heavy atom. The number of carbonyl (C=O) groups is 2. The van der Waals surface area contributed by atoms with Crippen LogP contribution in [0.2, 0.25) is 0 Å². The normalized spacial score (nSPS) is 24.9. The Morgan fingerprint density at radius 1 is 1.15 bits per heavy atom. The molecular formula is C15H28N2O3. The molecule has 0 radical (unpaired) electrons. The summed E-state index contributed by atoms with van der Waals surface area (Å²) in [4.78, 5) is 23.2. The first kappa shape index (κ1) is 17.0. The molecule has 0 unspecified atom stereocenters. The van der Waals surface area contributed by atoms with Crippen LogP contribution in [-0.2, 0) is 9.59 Å². The number of hydrogen-bond donors (Lipinski definition) is 3. The van der Waals surface area contributed by atoms with Gasteiger partial charge in [-0.25, -0.2) is 0 Å². The van der Waals surface area contributed by atoms with Crippen LogP contribution in [0.1, 0.15) is 53.4 Å². The molecule has 0 spiro atoms. The number of nitrogens with one attached hydrogen (secondary N) is 2. The first-order valence-corrected chi connectivity index (χ1v) is 7.47. The van der Waals surface area contributed by atoms with Crippen molar-refractivity contribution in [1.29, 1.82) is 0 Å². The van der Waals surface area contributed by atoms with Crippen molar-refractivity contribution >= 4 is 11.8 Å². The van der Waals surface area contributed by atoms with Crippen molar-refractivity contribution in [1.82, 2.24) is 10.6 Å². The number of aliphatic hydroxyl groups is 1. The quantitative estimate of drug-likeness (QED) is 0.682. The summed E-state index contributed by atoms with van der Waals surface area (Å²) in [5.74, 6) is -0.576. The van der Waals surface area contributed by atoms with Crippen molar-refractivity contribution < 1.29 is 14.7 Å². The summed E-state index contributed by atoms with van der Waals surface area (Å²) < 4.78 is 0. The Hall–Kier alpha value is -1.10. The zero-order valence-electron chi connectivity index (χ0n) is 13.0. The summed E-state index contributed by atoms with van der Waals surface area (Å²) >= 11 is 0. The average molecular weight is 284 g/mol. The predicted octanol–water partition coefficient (Wildman–Crippen LogP) is 1.20. The number of hydrogen-bond acceptors (Lipinski definition) is 3. The lowest BCUT2D eigenvalue weighted by Crippen LogP contribution is -2.47. The molecule has 0 aromatic heterocycles. The Labute approximate surface area is 121 Å². The number of aliphatic hydroxyl groups excluding tert-OH is 1. The molecule has 1 aliphatic rings. The maximum absolute atomic E-state index is 11.7. The number of amides is 2. The largest absolute Gasteiger partial charge is 0.392 e. The van der Waals surface area contributed by atoms with Gasteiger partial charge in [0.05, 0.1) is 6.10 Å². The Morgan fingerprint density at radius 2 is 1.70 bits per heavy atom. The zero-order valence-corrected chi connectivity index (χ0v) is 13.0. The first-order valence-electron chi connectivity index (χ1n) is 7.47. The van der Waals surface area contributed by atoms with Crippen molar-refractivity contribution in [2.45, 2.75) is 65.5 Å². The van der Waals surface area contributed by atoms with E-state index in [1.807, 2.05) is 0 Å². The number of rotatable bonds is 3. The van der Waals surface area contributed by atoms with E-state index in [-0.39, 0.29) is 12.6 Å². The number of carbonyl (C=O) groups excluding carboxylic acids is 2. The van der Waals surface area contributed by atoms with Crippen LogP contribution < -0.4 is 10.6 Å². The van der Waals surface area contributed by atoms with Crippen LogP contribution in [0.5, 0.6) is 0 Å². The van der Waals surface area contributed by atoms with Crippen molar-refractivity contribution in [2.24, 2.45) is 11.3 Å². The van der Waals surface area contributed by atoms with Gasteiger partial charge in [-0.15, -0.1) is 0 Å². The fourth-order valence-corrected chi connectivity index (χ4v) is 2.68. The van der Waals surface area contributed by atoms with Gasteiger partial charge in [0.25, 0.3) is 0 Å². The lowest BCUT2D eigenvalue weighted by Gasteiger charge is -2.37. The molecule has 1 atom stereocenters. The van der Waals surface area contributed by atoms with Gasteiger partial charge < -0.3 is 15.7 Å². The van der Waals surface area contributed by atoms with Crippen LogP contribution in [0.15, 0.2) is 0 Å². The summed E-state index contributed by atoms with van der Waals surface area (Å²) in [6.07, 6.45) is 3.39. The topological polar surface area (TPSA) is 78.4 Å². The third-order valence-electron chi connectivity index (χ3n) is 4.05. The van der Waals surface area contributed by atoms with E-state index >= 15 is 0 Å². The highest BCUT2D eigenvalue weighted by molar-refractivity contribution is 6.35. The molecule has 0 bridgehead atoms. The van der Waals surface area contributed by atoms with Gasteiger partial charge in [-0.1, -0.05) is 20.8 Å². The van der Waals surface area contributed by atoms with Gasteiger partial charge in [0.15, 0.2) is 0 Å². The van der Waals surface area contributed by atoms with E-state index < -0.39 is 17.9 Å². The standard InChI is InChI=1S/C15H28N2O3/c1-10(18)9-16-13(19)14(20)17-12-7-5-11(6-8-12)15(2,3)4/h10-12,18H,5-9H2,1-4H3,(H,16,19)(H,17,20)/t10-,11?,12?/m0/s1. The van der Waals surface area contributed by atoms with Crippen LogP contribution in [0, 0.1) is 11.3 Å². The van der Waals surface area contributed by atoms with E-state index in [2.05, 4.69) is 31.4 Å². The summed E-state index contributed by atoms with van der Waals surface area (Å²) in [5, 5.41) is 14.2.